The van der Waals surface area contributed by atoms with E-state index in [1.165, 1.54) is 24.9 Å². The second-order valence-electron chi connectivity index (χ2n) is 5.04. The van der Waals surface area contributed by atoms with Crippen molar-refractivity contribution in [1.29, 1.82) is 0 Å². The number of ether oxygens (including phenoxy) is 2. The number of nitrogens with zero attached hydrogens (tertiary/aromatic N) is 1. The standard InChI is InChI=1S/C18H19NO4/c1-3-4-13-5-7-14(8-6-13)16(20)12-23-18(21)15-9-10-17(22-2)19-11-15/h5-11H,3-4,12H2,1-2H3. The van der Waals surface area contributed by atoms with E-state index in [9.17, 15) is 9.59 Å². The molecule has 5 heteroatoms. The topological polar surface area (TPSA) is 65.5 Å². The fraction of sp³-hybridized carbons (Fsp3) is 0.278. The maximum Gasteiger partial charge on any atom is 0.340 e. The average molecular weight is 313 g/mol. The summed E-state index contributed by atoms with van der Waals surface area (Å²) in [6, 6.07) is 10.5. The van der Waals surface area contributed by atoms with Crippen LogP contribution in [0.15, 0.2) is 42.6 Å². The van der Waals surface area contributed by atoms with Crippen LogP contribution in [0.4, 0.5) is 0 Å². The summed E-state index contributed by atoms with van der Waals surface area (Å²) in [6.07, 6.45) is 3.39. The highest BCUT2D eigenvalue weighted by atomic mass is 16.5. The van der Waals surface area contributed by atoms with Gasteiger partial charge in [-0.1, -0.05) is 37.6 Å². The van der Waals surface area contributed by atoms with Gasteiger partial charge >= 0.3 is 5.97 Å². The van der Waals surface area contributed by atoms with Crippen molar-refractivity contribution < 1.29 is 19.1 Å². The van der Waals surface area contributed by atoms with Gasteiger partial charge in [-0.25, -0.2) is 9.78 Å². The van der Waals surface area contributed by atoms with Crippen LogP contribution in [0.3, 0.4) is 0 Å². The van der Waals surface area contributed by atoms with Gasteiger partial charge in [0.05, 0.1) is 12.7 Å². The maximum atomic E-state index is 12.0. The monoisotopic (exact) mass is 313 g/mol. The van der Waals surface area contributed by atoms with E-state index < -0.39 is 5.97 Å². The molecule has 0 spiro atoms. The van der Waals surface area contributed by atoms with Gasteiger partial charge in [-0.05, 0) is 18.1 Å². The molecule has 0 saturated carbocycles. The van der Waals surface area contributed by atoms with Crippen molar-refractivity contribution in [2.24, 2.45) is 0 Å². The summed E-state index contributed by atoms with van der Waals surface area (Å²) in [5.74, 6) is -0.413. The predicted octanol–water partition coefficient (Wildman–Crippen LogP) is 3.08. The Balaban J connectivity index is 1.91. The molecule has 23 heavy (non-hydrogen) atoms. The van der Waals surface area contributed by atoms with Crippen LogP contribution in [-0.2, 0) is 11.2 Å². The van der Waals surface area contributed by atoms with Gasteiger partial charge in [0.2, 0.25) is 5.88 Å². The van der Waals surface area contributed by atoms with Crippen LogP contribution < -0.4 is 4.74 Å². The van der Waals surface area contributed by atoms with Gasteiger partial charge < -0.3 is 9.47 Å². The number of carbonyl (C=O) groups is 2. The molecule has 1 heterocycles. The lowest BCUT2D eigenvalue weighted by Crippen LogP contribution is -2.14. The van der Waals surface area contributed by atoms with E-state index in [-0.39, 0.29) is 18.0 Å². The summed E-state index contributed by atoms with van der Waals surface area (Å²) in [5, 5.41) is 0. The number of hydrogen-bond acceptors (Lipinski definition) is 5. The number of pyridine rings is 1. The molecule has 0 bridgehead atoms. The third-order valence-corrected chi connectivity index (χ3v) is 3.33. The number of aromatic nitrogens is 1. The summed E-state index contributed by atoms with van der Waals surface area (Å²) in [5.41, 5.74) is 1.99. The molecular formula is C18H19NO4. The molecule has 0 radical (unpaired) electrons. The molecular weight excluding hydrogens is 294 g/mol. The largest absolute Gasteiger partial charge is 0.481 e. The molecule has 0 saturated heterocycles. The van der Waals surface area contributed by atoms with Gasteiger partial charge in [0.1, 0.15) is 0 Å². The van der Waals surface area contributed by atoms with E-state index in [0.29, 0.717) is 11.4 Å². The molecule has 0 aliphatic carbocycles. The Bertz CT molecular complexity index is 662. The first-order chi connectivity index (χ1) is 11.1. The highest BCUT2D eigenvalue weighted by Gasteiger charge is 2.12. The fourth-order valence-electron chi connectivity index (χ4n) is 2.07. The van der Waals surface area contributed by atoms with E-state index in [1.54, 1.807) is 18.2 Å². The fourth-order valence-corrected chi connectivity index (χ4v) is 2.07. The summed E-state index contributed by atoms with van der Waals surface area (Å²) in [6.45, 7) is 1.81. The van der Waals surface area contributed by atoms with Crippen LogP contribution in [0, 0.1) is 0 Å². The van der Waals surface area contributed by atoms with Crippen LogP contribution in [0.25, 0.3) is 0 Å². The van der Waals surface area contributed by atoms with Crippen LogP contribution in [-0.4, -0.2) is 30.5 Å². The molecule has 0 aliphatic heterocycles. The number of aryl methyl sites for hydroxylation is 1. The van der Waals surface area contributed by atoms with E-state index in [2.05, 4.69) is 11.9 Å². The number of benzene rings is 1. The van der Waals surface area contributed by atoms with Gasteiger partial charge in [-0.3, -0.25) is 4.79 Å². The third kappa shape index (κ3) is 4.64. The lowest BCUT2D eigenvalue weighted by Gasteiger charge is -2.06. The minimum absolute atomic E-state index is 0.233. The number of rotatable bonds is 7. The first-order valence-corrected chi connectivity index (χ1v) is 7.43. The molecule has 0 aliphatic rings. The summed E-state index contributed by atoms with van der Waals surface area (Å²) < 4.78 is 9.94. The molecule has 0 unspecified atom stereocenters. The van der Waals surface area contributed by atoms with Gasteiger partial charge in [0, 0.05) is 17.8 Å². The Morgan fingerprint density at radius 3 is 2.30 bits per heavy atom. The van der Waals surface area contributed by atoms with E-state index in [1.807, 2.05) is 12.1 Å². The predicted molar refractivity (Wildman–Crippen MR) is 85.8 cm³/mol. The Labute approximate surface area is 135 Å². The van der Waals surface area contributed by atoms with E-state index in [0.717, 1.165) is 12.8 Å². The lowest BCUT2D eigenvalue weighted by molar-refractivity contribution is 0.0474. The Hall–Kier alpha value is -2.69. The Morgan fingerprint density at radius 2 is 1.74 bits per heavy atom. The van der Waals surface area contributed by atoms with Gasteiger partial charge in [0.25, 0.3) is 0 Å². The number of esters is 1. The highest BCUT2D eigenvalue weighted by molar-refractivity contribution is 5.99. The van der Waals surface area contributed by atoms with Crippen LogP contribution in [0.2, 0.25) is 0 Å². The van der Waals surface area contributed by atoms with Crippen molar-refractivity contribution >= 4 is 11.8 Å². The first-order valence-electron chi connectivity index (χ1n) is 7.43. The second-order valence-corrected chi connectivity index (χ2v) is 5.04. The number of carbonyl (C=O) groups excluding carboxylic acids is 2. The smallest absolute Gasteiger partial charge is 0.340 e. The Morgan fingerprint density at radius 1 is 1.04 bits per heavy atom. The number of ketones is 1. The summed E-state index contributed by atoms with van der Waals surface area (Å²) in [7, 11) is 1.49. The molecule has 0 atom stereocenters. The van der Waals surface area contributed by atoms with Gasteiger partial charge in [0.15, 0.2) is 12.4 Å². The van der Waals surface area contributed by atoms with Crippen molar-refractivity contribution in [2.45, 2.75) is 19.8 Å². The van der Waals surface area contributed by atoms with Crippen LogP contribution >= 0.6 is 0 Å². The van der Waals surface area contributed by atoms with E-state index >= 15 is 0 Å². The number of Topliss-reactive ketones (excluding diaryl/α,β-unsaturated/α-hetero) is 1. The molecule has 0 amide bonds. The number of hydrogen-bond donors (Lipinski definition) is 0. The average Bonchev–Trinajstić information content (AvgIpc) is 2.60. The zero-order chi connectivity index (χ0) is 16.7. The lowest BCUT2D eigenvalue weighted by atomic mass is 10.1. The van der Waals surface area contributed by atoms with E-state index in [4.69, 9.17) is 9.47 Å². The van der Waals surface area contributed by atoms with Gasteiger partial charge in [-0.2, -0.15) is 0 Å². The quantitative estimate of drug-likeness (QED) is 0.580. The van der Waals surface area contributed by atoms with Crippen LogP contribution in [0.5, 0.6) is 5.88 Å². The minimum Gasteiger partial charge on any atom is -0.481 e. The molecule has 5 nitrogen and oxygen atoms in total. The Kier molecular flexibility index (Phi) is 5.86. The highest BCUT2D eigenvalue weighted by Crippen LogP contribution is 2.10. The first kappa shape index (κ1) is 16.7. The van der Waals surface area contributed by atoms with Crippen molar-refractivity contribution in [2.75, 3.05) is 13.7 Å². The molecule has 1 aromatic carbocycles. The maximum absolute atomic E-state index is 12.0. The SMILES string of the molecule is CCCc1ccc(C(=O)COC(=O)c2ccc(OC)nc2)cc1. The third-order valence-electron chi connectivity index (χ3n) is 3.33. The molecule has 0 N–H and O–H groups in total. The summed E-state index contributed by atoms with van der Waals surface area (Å²) in [4.78, 5) is 27.8. The molecule has 2 rings (SSSR count). The summed E-state index contributed by atoms with van der Waals surface area (Å²) >= 11 is 0. The van der Waals surface area contributed by atoms with Gasteiger partial charge in [-0.15, -0.1) is 0 Å². The van der Waals surface area contributed by atoms with Crippen molar-refractivity contribution in [1.82, 2.24) is 4.98 Å². The van der Waals surface area contributed by atoms with Crippen molar-refractivity contribution in [3.8, 4) is 5.88 Å². The van der Waals surface area contributed by atoms with Crippen LogP contribution in [0.1, 0.15) is 39.6 Å². The normalized spacial score (nSPS) is 10.2. The molecule has 2 aromatic rings. The second kappa shape index (κ2) is 8.08. The zero-order valence-electron chi connectivity index (χ0n) is 13.2. The van der Waals surface area contributed by atoms with Crippen molar-refractivity contribution in [3.63, 3.8) is 0 Å². The number of methoxy groups -OCH3 is 1. The van der Waals surface area contributed by atoms with Crippen molar-refractivity contribution in [3.05, 3.63) is 59.3 Å². The molecule has 120 valence electrons. The zero-order valence-corrected chi connectivity index (χ0v) is 13.2. The molecule has 1 aromatic heterocycles. The molecule has 0 fully saturated rings. The minimum atomic E-state index is -0.587.